The van der Waals surface area contributed by atoms with Crippen LogP contribution in [0.15, 0.2) is 0 Å². The molecule has 0 amide bonds. The summed E-state index contributed by atoms with van der Waals surface area (Å²) in [6.07, 6.45) is 3.81. The van der Waals surface area contributed by atoms with Gasteiger partial charge in [0, 0.05) is 18.6 Å². The molecule has 0 aromatic heterocycles. The third kappa shape index (κ3) is 3.65. The van der Waals surface area contributed by atoms with E-state index in [1.165, 1.54) is 25.9 Å². The Morgan fingerprint density at radius 1 is 1.54 bits per heavy atom. The third-order valence-electron chi connectivity index (χ3n) is 3.13. The summed E-state index contributed by atoms with van der Waals surface area (Å²) in [4.78, 5) is 2.53. The fraction of sp³-hybridized carbons (Fsp3) is 1.00. The van der Waals surface area contributed by atoms with Gasteiger partial charge in [-0.05, 0) is 38.6 Å². The second kappa shape index (κ2) is 4.43. The highest BCUT2D eigenvalue weighted by Crippen LogP contribution is 2.18. The Balaban J connectivity index is 2.35. The molecule has 13 heavy (non-hydrogen) atoms. The van der Waals surface area contributed by atoms with E-state index in [-0.39, 0.29) is 5.54 Å². The molecule has 0 radical (unpaired) electrons. The third-order valence-corrected chi connectivity index (χ3v) is 3.13. The number of hydrogen-bond acceptors (Lipinski definition) is 2. The van der Waals surface area contributed by atoms with Gasteiger partial charge in [0.25, 0.3) is 0 Å². The molecule has 0 aromatic rings. The van der Waals surface area contributed by atoms with E-state index < -0.39 is 0 Å². The maximum atomic E-state index is 6.15. The van der Waals surface area contributed by atoms with Crippen molar-refractivity contribution in [1.29, 1.82) is 0 Å². The number of rotatable bonds is 3. The number of nitrogens with two attached hydrogens (primary N) is 1. The topological polar surface area (TPSA) is 29.3 Å². The van der Waals surface area contributed by atoms with Crippen molar-refractivity contribution in [2.45, 2.75) is 45.6 Å². The van der Waals surface area contributed by atoms with Crippen LogP contribution in [0.25, 0.3) is 0 Å². The van der Waals surface area contributed by atoms with Crippen LogP contribution in [0, 0.1) is 5.92 Å². The minimum absolute atomic E-state index is 0.0110. The van der Waals surface area contributed by atoms with E-state index in [9.17, 15) is 0 Å². The molecule has 0 bridgehead atoms. The fourth-order valence-electron chi connectivity index (χ4n) is 2.05. The first-order valence-electron chi connectivity index (χ1n) is 5.55. The lowest BCUT2D eigenvalue weighted by Crippen LogP contribution is -2.49. The number of hydrogen-bond donors (Lipinski definition) is 1. The molecular formula is C11H24N2. The predicted molar refractivity (Wildman–Crippen MR) is 57.7 cm³/mol. The van der Waals surface area contributed by atoms with Gasteiger partial charge in [0.2, 0.25) is 0 Å². The first-order chi connectivity index (χ1) is 6.03. The normalized spacial score (nSPS) is 30.0. The molecule has 0 saturated carbocycles. The summed E-state index contributed by atoms with van der Waals surface area (Å²) in [5, 5.41) is 0. The van der Waals surface area contributed by atoms with Crippen molar-refractivity contribution in [1.82, 2.24) is 4.90 Å². The van der Waals surface area contributed by atoms with Gasteiger partial charge >= 0.3 is 0 Å². The largest absolute Gasteiger partial charge is 0.324 e. The molecule has 1 aliphatic heterocycles. The Kier molecular flexibility index (Phi) is 3.74. The molecule has 2 atom stereocenters. The summed E-state index contributed by atoms with van der Waals surface area (Å²) in [6.45, 7) is 10.2. The van der Waals surface area contributed by atoms with Crippen LogP contribution < -0.4 is 5.73 Å². The van der Waals surface area contributed by atoms with Crippen molar-refractivity contribution in [2.24, 2.45) is 11.7 Å². The number of piperidine rings is 1. The Morgan fingerprint density at radius 2 is 2.23 bits per heavy atom. The van der Waals surface area contributed by atoms with E-state index in [0.717, 1.165) is 18.9 Å². The molecule has 1 rings (SSSR count). The summed E-state index contributed by atoms with van der Waals surface area (Å²) in [6, 6.07) is 0. The quantitative estimate of drug-likeness (QED) is 0.725. The highest BCUT2D eigenvalue weighted by Gasteiger charge is 2.23. The Labute approximate surface area is 82.5 Å². The van der Waals surface area contributed by atoms with Crippen LogP contribution in [0.1, 0.15) is 40.0 Å². The molecule has 0 spiro atoms. The zero-order valence-corrected chi connectivity index (χ0v) is 9.34. The Hall–Kier alpha value is -0.0800. The summed E-state index contributed by atoms with van der Waals surface area (Å²) < 4.78 is 0. The van der Waals surface area contributed by atoms with Gasteiger partial charge in [-0.25, -0.2) is 0 Å². The van der Waals surface area contributed by atoms with E-state index in [1.54, 1.807) is 0 Å². The van der Waals surface area contributed by atoms with E-state index in [0.29, 0.717) is 0 Å². The van der Waals surface area contributed by atoms with Crippen LogP contribution in [0.5, 0.6) is 0 Å². The van der Waals surface area contributed by atoms with Crippen molar-refractivity contribution in [2.75, 3.05) is 19.6 Å². The van der Waals surface area contributed by atoms with E-state index in [1.807, 2.05) is 0 Å². The average Bonchev–Trinajstić information content (AvgIpc) is 2.03. The number of nitrogens with zero attached hydrogens (tertiary/aromatic N) is 1. The lowest BCUT2D eigenvalue weighted by atomic mass is 9.95. The second-order valence-electron chi connectivity index (χ2n) is 4.99. The van der Waals surface area contributed by atoms with Gasteiger partial charge in [-0.1, -0.05) is 13.8 Å². The van der Waals surface area contributed by atoms with Crippen LogP contribution in [-0.2, 0) is 0 Å². The van der Waals surface area contributed by atoms with Crippen molar-refractivity contribution in [3.8, 4) is 0 Å². The van der Waals surface area contributed by atoms with Gasteiger partial charge in [0.1, 0.15) is 0 Å². The minimum Gasteiger partial charge on any atom is -0.324 e. The lowest BCUT2D eigenvalue weighted by molar-refractivity contribution is 0.149. The summed E-state index contributed by atoms with van der Waals surface area (Å²) in [7, 11) is 0. The molecule has 1 heterocycles. The van der Waals surface area contributed by atoms with Gasteiger partial charge in [-0.15, -0.1) is 0 Å². The van der Waals surface area contributed by atoms with Gasteiger partial charge < -0.3 is 10.6 Å². The molecule has 1 saturated heterocycles. The zero-order chi connectivity index (χ0) is 9.90. The van der Waals surface area contributed by atoms with Crippen LogP contribution in [0.3, 0.4) is 0 Å². The highest BCUT2D eigenvalue weighted by molar-refractivity contribution is 4.83. The molecule has 0 aliphatic carbocycles. The minimum atomic E-state index is 0.0110. The first kappa shape index (κ1) is 11.0. The average molecular weight is 184 g/mol. The SMILES string of the molecule is CCC(C)(N)CN1CCCC(C)C1. The van der Waals surface area contributed by atoms with E-state index in [2.05, 4.69) is 25.7 Å². The van der Waals surface area contributed by atoms with Gasteiger partial charge in [0.05, 0.1) is 0 Å². The Bertz CT molecular complexity index is 154. The molecule has 78 valence electrons. The van der Waals surface area contributed by atoms with Crippen LogP contribution >= 0.6 is 0 Å². The molecule has 2 N–H and O–H groups in total. The molecule has 1 fully saturated rings. The maximum absolute atomic E-state index is 6.15. The summed E-state index contributed by atoms with van der Waals surface area (Å²) >= 11 is 0. The molecule has 1 aliphatic rings. The van der Waals surface area contributed by atoms with Gasteiger partial charge in [0.15, 0.2) is 0 Å². The van der Waals surface area contributed by atoms with Gasteiger partial charge in [-0.3, -0.25) is 0 Å². The van der Waals surface area contributed by atoms with Crippen LogP contribution in [0.2, 0.25) is 0 Å². The van der Waals surface area contributed by atoms with Crippen molar-refractivity contribution >= 4 is 0 Å². The first-order valence-corrected chi connectivity index (χ1v) is 5.55. The molecule has 2 heteroatoms. The predicted octanol–water partition coefficient (Wildman–Crippen LogP) is 1.85. The number of likely N-dealkylation sites (tertiary alicyclic amines) is 1. The molecule has 0 aromatic carbocycles. The van der Waals surface area contributed by atoms with E-state index in [4.69, 9.17) is 5.73 Å². The monoisotopic (exact) mass is 184 g/mol. The second-order valence-corrected chi connectivity index (χ2v) is 4.99. The van der Waals surface area contributed by atoms with Crippen molar-refractivity contribution < 1.29 is 0 Å². The molecule has 2 nitrogen and oxygen atoms in total. The van der Waals surface area contributed by atoms with Crippen molar-refractivity contribution in [3.05, 3.63) is 0 Å². The maximum Gasteiger partial charge on any atom is 0.0252 e. The van der Waals surface area contributed by atoms with E-state index >= 15 is 0 Å². The molecular weight excluding hydrogens is 160 g/mol. The molecule has 2 unspecified atom stereocenters. The standard InChI is InChI=1S/C11H24N2/c1-4-11(3,12)9-13-7-5-6-10(2)8-13/h10H,4-9,12H2,1-3H3. The van der Waals surface area contributed by atoms with Gasteiger partial charge in [-0.2, -0.15) is 0 Å². The van der Waals surface area contributed by atoms with Crippen molar-refractivity contribution in [3.63, 3.8) is 0 Å². The Morgan fingerprint density at radius 3 is 2.77 bits per heavy atom. The van der Waals surface area contributed by atoms with Crippen LogP contribution in [-0.4, -0.2) is 30.1 Å². The summed E-state index contributed by atoms with van der Waals surface area (Å²) in [5.74, 6) is 0.862. The summed E-state index contributed by atoms with van der Waals surface area (Å²) in [5.41, 5.74) is 6.16. The smallest absolute Gasteiger partial charge is 0.0252 e. The highest BCUT2D eigenvalue weighted by atomic mass is 15.1. The lowest BCUT2D eigenvalue weighted by Gasteiger charge is -2.36. The fourth-order valence-corrected chi connectivity index (χ4v) is 2.05. The van der Waals surface area contributed by atoms with Crippen LogP contribution in [0.4, 0.5) is 0 Å². The zero-order valence-electron chi connectivity index (χ0n) is 9.34.